The number of carboxylic acid groups (broad SMARTS) is 1. The lowest BCUT2D eigenvalue weighted by atomic mass is 10.1. The Balaban J connectivity index is 2.20. The van der Waals surface area contributed by atoms with Gasteiger partial charge in [0.1, 0.15) is 13.2 Å². The molecule has 1 heterocycles. The van der Waals surface area contributed by atoms with Crippen LogP contribution in [0.2, 0.25) is 0 Å². The van der Waals surface area contributed by atoms with Crippen LogP contribution in [0.1, 0.15) is 19.8 Å². The molecule has 5 nitrogen and oxygen atoms in total. The van der Waals surface area contributed by atoms with Gasteiger partial charge in [0.2, 0.25) is 5.91 Å². The molecule has 86 valence electrons. The topological polar surface area (TPSA) is 66.8 Å². The van der Waals surface area contributed by atoms with Gasteiger partial charge in [0.15, 0.2) is 0 Å². The number of nitrogens with zero attached hydrogens (tertiary/aromatic N) is 1. The fourth-order valence-electron chi connectivity index (χ4n) is 1.71. The Kier molecular flexibility index (Phi) is 4.55. The predicted octanol–water partition coefficient (Wildman–Crippen LogP) is 0.346. The minimum atomic E-state index is -1.05. The van der Waals surface area contributed by atoms with Crippen molar-refractivity contribution in [2.24, 2.45) is 5.92 Å². The maximum absolute atomic E-state index is 11.5. The number of hydrogen-bond acceptors (Lipinski definition) is 3. The van der Waals surface area contributed by atoms with E-state index in [-0.39, 0.29) is 12.5 Å². The Hall–Kier alpha value is -1.10. The molecule has 15 heavy (non-hydrogen) atoms. The maximum Gasteiger partial charge on any atom is 0.329 e. The minimum absolute atomic E-state index is 0.104. The highest BCUT2D eigenvalue weighted by Crippen LogP contribution is 2.18. The zero-order chi connectivity index (χ0) is 11.3. The Labute approximate surface area is 89.0 Å². The van der Waals surface area contributed by atoms with E-state index in [2.05, 4.69) is 6.92 Å². The SMILES string of the molecule is CCC1CCN(C(=O)COCC(=O)O)C1. The minimum Gasteiger partial charge on any atom is -0.480 e. The molecule has 1 fully saturated rings. The molecule has 1 atom stereocenters. The van der Waals surface area contributed by atoms with E-state index in [4.69, 9.17) is 9.84 Å². The van der Waals surface area contributed by atoms with Gasteiger partial charge >= 0.3 is 5.97 Å². The van der Waals surface area contributed by atoms with Gasteiger partial charge in [-0.25, -0.2) is 4.79 Å². The van der Waals surface area contributed by atoms with Crippen molar-refractivity contribution in [2.45, 2.75) is 19.8 Å². The molecular formula is C10H17NO4. The number of amides is 1. The number of hydrogen-bond donors (Lipinski definition) is 1. The van der Waals surface area contributed by atoms with Gasteiger partial charge in [0.05, 0.1) is 0 Å². The normalized spacial score (nSPS) is 20.6. The number of carbonyl (C=O) groups excluding carboxylic acids is 1. The van der Waals surface area contributed by atoms with Gasteiger partial charge in [-0.15, -0.1) is 0 Å². The van der Waals surface area contributed by atoms with Crippen LogP contribution in [-0.2, 0) is 14.3 Å². The second-order valence-electron chi connectivity index (χ2n) is 3.79. The molecule has 1 saturated heterocycles. The van der Waals surface area contributed by atoms with Crippen LogP contribution in [0, 0.1) is 5.92 Å². The summed E-state index contributed by atoms with van der Waals surface area (Å²) in [6.45, 7) is 3.14. The Morgan fingerprint density at radius 1 is 1.47 bits per heavy atom. The average Bonchev–Trinajstić information content (AvgIpc) is 2.65. The summed E-state index contributed by atoms with van der Waals surface area (Å²) in [6.07, 6.45) is 2.13. The average molecular weight is 215 g/mol. The second-order valence-corrected chi connectivity index (χ2v) is 3.79. The first-order chi connectivity index (χ1) is 7.13. The van der Waals surface area contributed by atoms with Gasteiger partial charge in [-0.2, -0.15) is 0 Å². The summed E-state index contributed by atoms with van der Waals surface area (Å²) >= 11 is 0. The number of rotatable bonds is 5. The molecule has 1 unspecified atom stereocenters. The van der Waals surface area contributed by atoms with Crippen molar-refractivity contribution < 1.29 is 19.4 Å². The fraction of sp³-hybridized carbons (Fsp3) is 0.800. The van der Waals surface area contributed by atoms with Gasteiger partial charge < -0.3 is 14.7 Å². The second kappa shape index (κ2) is 5.70. The molecular weight excluding hydrogens is 198 g/mol. The van der Waals surface area contributed by atoms with Crippen LogP contribution in [0.15, 0.2) is 0 Å². The van der Waals surface area contributed by atoms with Crippen LogP contribution >= 0.6 is 0 Å². The van der Waals surface area contributed by atoms with E-state index in [1.807, 2.05) is 0 Å². The van der Waals surface area contributed by atoms with E-state index in [0.29, 0.717) is 5.92 Å². The van der Waals surface area contributed by atoms with Gasteiger partial charge in [-0.1, -0.05) is 13.3 Å². The van der Waals surface area contributed by atoms with E-state index < -0.39 is 12.6 Å². The molecule has 0 bridgehead atoms. The molecule has 1 N–H and O–H groups in total. The number of carboxylic acids is 1. The van der Waals surface area contributed by atoms with E-state index >= 15 is 0 Å². The smallest absolute Gasteiger partial charge is 0.329 e. The fourth-order valence-corrected chi connectivity index (χ4v) is 1.71. The molecule has 1 rings (SSSR count). The Morgan fingerprint density at radius 2 is 2.20 bits per heavy atom. The number of ether oxygens (including phenoxy) is 1. The van der Waals surface area contributed by atoms with Crippen LogP contribution in [0.4, 0.5) is 0 Å². The van der Waals surface area contributed by atoms with Crippen molar-refractivity contribution >= 4 is 11.9 Å². The van der Waals surface area contributed by atoms with Crippen molar-refractivity contribution in [2.75, 3.05) is 26.3 Å². The van der Waals surface area contributed by atoms with Crippen molar-refractivity contribution in [3.05, 3.63) is 0 Å². The molecule has 5 heteroatoms. The molecule has 0 aromatic carbocycles. The number of aliphatic carboxylic acids is 1. The first-order valence-electron chi connectivity index (χ1n) is 5.20. The van der Waals surface area contributed by atoms with E-state index in [1.165, 1.54) is 0 Å². The molecule has 0 aliphatic carbocycles. The Bertz CT molecular complexity index is 242. The predicted molar refractivity (Wildman–Crippen MR) is 53.4 cm³/mol. The molecule has 1 aliphatic heterocycles. The van der Waals surface area contributed by atoms with Crippen molar-refractivity contribution in [3.63, 3.8) is 0 Å². The molecule has 0 saturated carbocycles. The maximum atomic E-state index is 11.5. The van der Waals surface area contributed by atoms with Crippen LogP contribution in [0.5, 0.6) is 0 Å². The molecule has 1 amide bonds. The van der Waals surface area contributed by atoms with Crippen LogP contribution in [-0.4, -0.2) is 48.2 Å². The summed E-state index contributed by atoms with van der Waals surface area (Å²) in [7, 11) is 0. The molecule has 0 aromatic rings. The number of carbonyl (C=O) groups is 2. The van der Waals surface area contributed by atoms with Crippen molar-refractivity contribution in [1.82, 2.24) is 4.90 Å². The third-order valence-electron chi connectivity index (χ3n) is 2.67. The lowest BCUT2D eigenvalue weighted by molar-refractivity contribution is -0.145. The summed E-state index contributed by atoms with van der Waals surface area (Å²) in [5, 5.41) is 8.32. The first-order valence-corrected chi connectivity index (χ1v) is 5.20. The molecule has 0 spiro atoms. The van der Waals surface area contributed by atoms with Gasteiger partial charge in [-0.3, -0.25) is 4.79 Å². The van der Waals surface area contributed by atoms with Gasteiger partial charge in [0.25, 0.3) is 0 Å². The van der Waals surface area contributed by atoms with Crippen LogP contribution in [0.3, 0.4) is 0 Å². The third kappa shape index (κ3) is 3.87. The zero-order valence-electron chi connectivity index (χ0n) is 8.94. The summed E-state index contributed by atoms with van der Waals surface area (Å²) in [5.74, 6) is -0.559. The molecule has 1 aliphatic rings. The highest BCUT2D eigenvalue weighted by atomic mass is 16.5. The lowest BCUT2D eigenvalue weighted by Gasteiger charge is -2.15. The van der Waals surface area contributed by atoms with E-state index in [0.717, 1.165) is 25.9 Å². The first kappa shape index (κ1) is 12.0. The largest absolute Gasteiger partial charge is 0.480 e. The highest BCUT2D eigenvalue weighted by Gasteiger charge is 2.24. The van der Waals surface area contributed by atoms with Crippen LogP contribution < -0.4 is 0 Å². The highest BCUT2D eigenvalue weighted by molar-refractivity contribution is 5.78. The van der Waals surface area contributed by atoms with Crippen molar-refractivity contribution in [1.29, 1.82) is 0 Å². The zero-order valence-corrected chi connectivity index (χ0v) is 8.94. The Morgan fingerprint density at radius 3 is 2.73 bits per heavy atom. The summed E-state index contributed by atoms with van der Waals surface area (Å²) in [4.78, 5) is 23.4. The quantitative estimate of drug-likeness (QED) is 0.718. The summed E-state index contributed by atoms with van der Waals surface area (Å²) in [6, 6.07) is 0. The number of likely N-dealkylation sites (tertiary alicyclic amines) is 1. The molecule has 0 radical (unpaired) electrons. The van der Waals surface area contributed by atoms with Crippen molar-refractivity contribution in [3.8, 4) is 0 Å². The monoisotopic (exact) mass is 215 g/mol. The van der Waals surface area contributed by atoms with E-state index in [1.54, 1.807) is 4.90 Å². The van der Waals surface area contributed by atoms with Gasteiger partial charge in [-0.05, 0) is 12.3 Å². The lowest BCUT2D eigenvalue weighted by Crippen LogP contribution is -2.32. The van der Waals surface area contributed by atoms with E-state index in [9.17, 15) is 9.59 Å². The summed E-state index contributed by atoms with van der Waals surface area (Å²) in [5.41, 5.74) is 0. The summed E-state index contributed by atoms with van der Waals surface area (Å²) < 4.78 is 4.75. The standard InChI is InChI=1S/C10H17NO4/c1-2-8-3-4-11(5-8)9(12)6-15-7-10(13)14/h8H,2-7H2,1H3,(H,13,14). The van der Waals surface area contributed by atoms with Gasteiger partial charge in [0, 0.05) is 13.1 Å². The van der Waals surface area contributed by atoms with Crippen LogP contribution in [0.25, 0.3) is 0 Å². The molecule has 0 aromatic heterocycles. The third-order valence-corrected chi connectivity index (χ3v) is 2.67.